The topological polar surface area (TPSA) is 58.6 Å². The van der Waals surface area contributed by atoms with Gasteiger partial charge in [-0.15, -0.1) is 0 Å². The summed E-state index contributed by atoms with van der Waals surface area (Å²) >= 11 is 0. The van der Waals surface area contributed by atoms with Crippen LogP contribution in [0.3, 0.4) is 0 Å². The number of carbonyl (C=O) groups is 2. The molecule has 1 heterocycles. The third-order valence-electron chi connectivity index (χ3n) is 4.05. The van der Waals surface area contributed by atoms with E-state index in [4.69, 9.17) is 4.74 Å². The highest BCUT2D eigenvalue weighted by molar-refractivity contribution is 5.97. The van der Waals surface area contributed by atoms with Crippen LogP contribution in [0.5, 0.6) is 5.75 Å². The fourth-order valence-corrected chi connectivity index (χ4v) is 3.02. The van der Waals surface area contributed by atoms with Crippen molar-refractivity contribution < 1.29 is 27.5 Å². The lowest BCUT2D eigenvalue weighted by atomic mass is 9.96. The Labute approximate surface area is 144 Å². The van der Waals surface area contributed by atoms with Crippen LogP contribution in [0.1, 0.15) is 37.0 Å². The van der Waals surface area contributed by atoms with E-state index < -0.39 is 24.2 Å². The predicted molar refractivity (Wildman–Crippen MR) is 85.3 cm³/mol. The minimum atomic E-state index is -4.53. The van der Waals surface area contributed by atoms with Crippen molar-refractivity contribution in [2.24, 2.45) is 0 Å². The number of nitrogens with zero attached hydrogens (tertiary/aromatic N) is 1. The maximum atomic E-state index is 13.4. The summed E-state index contributed by atoms with van der Waals surface area (Å²) in [4.78, 5) is 24.8. The van der Waals surface area contributed by atoms with Gasteiger partial charge < -0.3 is 15.0 Å². The first-order valence-electron chi connectivity index (χ1n) is 8.10. The van der Waals surface area contributed by atoms with Gasteiger partial charge in [0.1, 0.15) is 11.8 Å². The molecule has 1 aliphatic heterocycles. The van der Waals surface area contributed by atoms with Gasteiger partial charge in [0.2, 0.25) is 5.91 Å². The zero-order valence-corrected chi connectivity index (χ0v) is 14.1. The SMILES string of the molecule is CCOc1ccccc1C(=O)N1C[C@H](NC(C)=O)CC[C@H]1C(F)(F)F. The van der Waals surface area contributed by atoms with Crippen LogP contribution in [0.15, 0.2) is 24.3 Å². The van der Waals surface area contributed by atoms with Gasteiger partial charge in [-0.05, 0) is 31.9 Å². The molecule has 1 aromatic carbocycles. The molecular weight excluding hydrogens is 337 g/mol. The molecule has 2 rings (SSSR count). The zero-order valence-electron chi connectivity index (χ0n) is 14.1. The second-order valence-corrected chi connectivity index (χ2v) is 5.92. The first-order valence-corrected chi connectivity index (χ1v) is 8.10. The van der Waals surface area contributed by atoms with Crippen LogP contribution in [0.4, 0.5) is 13.2 Å². The zero-order chi connectivity index (χ0) is 18.6. The van der Waals surface area contributed by atoms with E-state index in [-0.39, 0.29) is 36.6 Å². The Bertz CT molecular complexity index is 634. The van der Waals surface area contributed by atoms with E-state index >= 15 is 0 Å². The van der Waals surface area contributed by atoms with Gasteiger partial charge in [-0.2, -0.15) is 13.2 Å². The number of amides is 2. The summed E-state index contributed by atoms with van der Waals surface area (Å²) in [5, 5.41) is 2.60. The second kappa shape index (κ2) is 7.76. The summed E-state index contributed by atoms with van der Waals surface area (Å²) in [6, 6.07) is 3.85. The number of halogens is 3. The van der Waals surface area contributed by atoms with E-state index in [0.717, 1.165) is 4.90 Å². The molecule has 2 amide bonds. The third kappa shape index (κ3) is 4.64. The number of benzene rings is 1. The first kappa shape index (κ1) is 19.1. The highest BCUT2D eigenvalue weighted by atomic mass is 19.4. The molecule has 0 bridgehead atoms. The predicted octanol–water partition coefficient (Wildman–Crippen LogP) is 2.76. The van der Waals surface area contributed by atoms with Crippen LogP contribution in [-0.2, 0) is 4.79 Å². The van der Waals surface area contributed by atoms with Crippen LogP contribution >= 0.6 is 0 Å². The summed E-state index contributed by atoms with van der Waals surface area (Å²) in [5.74, 6) is -0.837. The number of hydrogen-bond donors (Lipinski definition) is 1. The van der Waals surface area contributed by atoms with E-state index in [1.807, 2.05) is 0 Å². The molecule has 8 heteroatoms. The molecule has 0 spiro atoms. The Morgan fingerprint density at radius 1 is 1.28 bits per heavy atom. The lowest BCUT2D eigenvalue weighted by Gasteiger charge is -2.40. The Morgan fingerprint density at radius 3 is 2.56 bits per heavy atom. The molecule has 0 radical (unpaired) electrons. The lowest BCUT2D eigenvalue weighted by Crippen LogP contribution is -2.58. The molecule has 0 saturated carbocycles. The summed E-state index contributed by atoms with van der Waals surface area (Å²) in [5.41, 5.74) is 0.0853. The molecule has 1 aromatic rings. The second-order valence-electron chi connectivity index (χ2n) is 5.92. The smallest absolute Gasteiger partial charge is 0.408 e. The van der Waals surface area contributed by atoms with Gasteiger partial charge in [0.25, 0.3) is 5.91 Å². The van der Waals surface area contributed by atoms with Crippen molar-refractivity contribution in [2.45, 2.75) is 44.9 Å². The van der Waals surface area contributed by atoms with Crippen LogP contribution in [-0.4, -0.2) is 48.1 Å². The quantitative estimate of drug-likeness (QED) is 0.900. The Hall–Kier alpha value is -2.25. The van der Waals surface area contributed by atoms with E-state index in [9.17, 15) is 22.8 Å². The Morgan fingerprint density at radius 2 is 1.96 bits per heavy atom. The molecule has 1 N–H and O–H groups in total. The van der Waals surface area contributed by atoms with Crippen LogP contribution in [0, 0.1) is 0 Å². The van der Waals surface area contributed by atoms with Gasteiger partial charge in [0.15, 0.2) is 0 Å². The van der Waals surface area contributed by atoms with Crippen LogP contribution in [0.25, 0.3) is 0 Å². The molecule has 1 aliphatic rings. The number of nitrogens with one attached hydrogen (secondary N) is 1. The van der Waals surface area contributed by atoms with E-state index in [1.54, 1.807) is 25.1 Å². The number of hydrogen-bond acceptors (Lipinski definition) is 3. The number of piperidine rings is 1. The molecule has 0 unspecified atom stereocenters. The summed E-state index contributed by atoms with van der Waals surface area (Å²) in [6.45, 7) is 3.13. The fourth-order valence-electron chi connectivity index (χ4n) is 3.02. The lowest BCUT2D eigenvalue weighted by molar-refractivity contribution is -0.184. The fraction of sp³-hybridized carbons (Fsp3) is 0.529. The van der Waals surface area contributed by atoms with Gasteiger partial charge in [0, 0.05) is 19.5 Å². The average molecular weight is 358 g/mol. The molecule has 2 atom stereocenters. The summed E-state index contributed by atoms with van der Waals surface area (Å²) in [7, 11) is 0. The summed E-state index contributed by atoms with van der Waals surface area (Å²) < 4.78 is 45.5. The standard InChI is InChI=1S/C17H21F3N2O3/c1-3-25-14-7-5-4-6-13(14)16(24)22-10-12(21-11(2)23)8-9-15(22)17(18,19)20/h4-7,12,15H,3,8-10H2,1-2H3,(H,21,23)/t12-,15+/m1/s1. The normalized spacial score (nSPS) is 20.9. The highest BCUT2D eigenvalue weighted by Gasteiger charge is 2.48. The monoisotopic (exact) mass is 358 g/mol. The number of ether oxygens (including phenoxy) is 1. The van der Waals surface area contributed by atoms with Crippen molar-refractivity contribution >= 4 is 11.8 Å². The third-order valence-corrected chi connectivity index (χ3v) is 4.05. The van der Waals surface area contributed by atoms with Crippen molar-refractivity contribution in [3.8, 4) is 5.75 Å². The minimum absolute atomic E-state index is 0.0853. The van der Waals surface area contributed by atoms with Gasteiger partial charge >= 0.3 is 6.18 Å². The van der Waals surface area contributed by atoms with Crippen molar-refractivity contribution in [3.63, 3.8) is 0 Å². The van der Waals surface area contributed by atoms with E-state index in [2.05, 4.69) is 5.32 Å². The Balaban J connectivity index is 2.32. The number of para-hydroxylation sites is 1. The van der Waals surface area contributed by atoms with Crippen molar-refractivity contribution in [1.29, 1.82) is 0 Å². The van der Waals surface area contributed by atoms with Gasteiger partial charge in [-0.1, -0.05) is 12.1 Å². The number of rotatable bonds is 4. The minimum Gasteiger partial charge on any atom is -0.493 e. The van der Waals surface area contributed by atoms with Gasteiger partial charge in [-0.3, -0.25) is 9.59 Å². The molecule has 1 fully saturated rings. The van der Waals surface area contributed by atoms with Crippen molar-refractivity contribution in [3.05, 3.63) is 29.8 Å². The molecule has 1 saturated heterocycles. The first-order chi connectivity index (χ1) is 11.7. The molecule has 25 heavy (non-hydrogen) atoms. The molecule has 0 aromatic heterocycles. The van der Waals surface area contributed by atoms with Crippen molar-refractivity contribution in [1.82, 2.24) is 10.2 Å². The summed E-state index contributed by atoms with van der Waals surface area (Å²) in [6.07, 6.45) is -4.62. The number of carbonyl (C=O) groups excluding carboxylic acids is 2. The average Bonchev–Trinajstić information content (AvgIpc) is 2.53. The van der Waals surface area contributed by atoms with Crippen molar-refractivity contribution in [2.75, 3.05) is 13.2 Å². The largest absolute Gasteiger partial charge is 0.493 e. The molecule has 0 aliphatic carbocycles. The van der Waals surface area contributed by atoms with E-state index in [0.29, 0.717) is 6.61 Å². The maximum absolute atomic E-state index is 13.4. The number of likely N-dealkylation sites (tertiary alicyclic amines) is 1. The number of alkyl halides is 3. The molecule has 5 nitrogen and oxygen atoms in total. The maximum Gasteiger partial charge on any atom is 0.408 e. The van der Waals surface area contributed by atoms with Crippen LogP contribution < -0.4 is 10.1 Å². The Kier molecular flexibility index (Phi) is 5.92. The molecular formula is C17H21F3N2O3. The van der Waals surface area contributed by atoms with Crippen LogP contribution in [0.2, 0.25) is 0 Å². The van der Waals surface area contributed by atoms with E-state index in [1.165, 1.54) is 13.0 Å². The van der Waals surface area contributed by atoms with Gasteiger partial charge in [0.05, 0.1) is 12.2 Å². The highest BCUT2D eigenvalue weighted by Crippen LogP contribution is 2.34. The van der Waals surface area contributed by atoms with Gasteiger partial charge in [-0.25, -0.2) is 0 Å². The molecule has 138 valence electrons.